The van der Waals surface area contributed by atoms with E-state index in [0.717, 1.165) is 43.0 Å². The molecule has 0 atom stereocenters. The van der Waals surface area contributed by atoms with Crippen molar-refractivity contribution in [3.63, 3.8) is 0 Å². The second kappa shape index (κ2) is 7.84. The molecule has 0 saturated carbocycles. The van der Waals surface area contributed by atoms with Gasteiger partial charge in [-0.25, -0.2) is 13.4 Å². The van der Waals surface area contributed by atoms with Crippen LogP contribution < -0.4 is 5.32 Å². The lowest BCUT2D eigenvalue weighted by molar-refractivity contribution is 0.230. The van der Waals surface area contributed by atoms with E-state index in [1.807, 2.05) is 36.4 Å². The van der Waals surface area contributed by atoms with Crippen LogP contribution in [0, 0.1) is 0 Å². The van der Waals surface area contributed by atoms with E-state index < -0.39 is 9.84 Å². The first-order chi connectivity index (χ1) is 13.5. The molecule has 0 unspecified atom stereocenters. The summed E-state index contributed by atoms with van der Waals surface area (Å²) in [6.07, 6.45) is 4.69. The minimum absolute atomic E-state index is 0.218. The van der Waals surface area contributed by atoms with Gasteiger partial charge in [0.2, 0.25) is 0 Å². The summed E-state index contributed by atoms with van der Waals surface area (Å²) in [5.41, 5.74) is 1.89. The van der Waals surface area contributed by atoms with Gasteiger partial charge in [-0.05, 0) is 12.8 Å². The molecule has 0 amide bonds. The van der Waals surface area contributed by atoms with Gasteiger partial charge in [0.05, 0.1) is 11.4 Å². The van der Waals surface area contributed by atoms with Crippen LogP contribution in [0.2, 0.25) is 0 Å². The smallest absolute Gasteiger partial charge is 0.254 e. The van der Waals surface area contributed by atoms with Crippen LogP contribution >= 0.6 is 0 Å². The van der Waals surface area contributed by atoms with E-state index in [4.69, 9.17) is 0 Å². The number of nitrogens with zero attached hydrogens (tertiary/aromatic N) is 5. The van der Waals surface area contributed by atoms with Crippen molar-refractivity contribution < 1.29 is 8.42 Å². The molecule has 0 aliphatic carbocycles. The molecule has 1 aliphatic heterocycles. The van der Waals surface area contributed by atoms with E-state index in [-0.39, 0.29) is 5.75 Å². The lowest BCUT2D eigenvalue weighted by Gasteiger charge is -2.32. The number of likely N-dealkylation sites (tertiary alicyclic amines) is 1. The van der Waals surface area contributed by atoms with Crippen LogP contribution in [0.25, 0.3) is 17.0 Å². The van der Waals surface area contributed by atoms with Crippen molar-refractivity contribution in [3.05, 3.63) is 42.7 Å². The Kier molecular flexibility index (Phi) is 5.27. The molecule has 1 N–H and O–H groups in total. The first-order valence-corrected chi connectivity index (χ1v) is 11.5. The summed E-state index contributed by atoms with van der Waals surface area (Å²) >= 11 is 0. The Morgan fingerprint density at radius 1 is 1.18 bits per heavy atom. The second-order valence-electron chi connectivity index (χ2n) is 7.25. The predicted molar refractivity (Wildman–Crippen MR) is 109 cm³/mol. The number of piperidine rings is 1. The maximum Gasteiger partial charge on any atom is 0.254 e. The molecule has 28 heavy (non-hydrogen) atoms. The Hall–Kier alpha value is -2.52. The molecule has 4 rings (SSSR count). The molecular weight excluding hydrogens is 376 g/mol. The maximum absolute atomic E-state index is 11.4. The molecular formula is C19H24N6O2S. The van der Waals surface area contributed by atoms with Crippen LogP contribution in [-0.4, -0.2) is 70.6 Å². The lowest BCUT2D eigenvalue weighted by atomic mass is 10.1. The molecule has 1 aliphatic rings. The van der Waals surface area contributed by atoms with Crippen LogP contribution in [0.3, 0.4) is 0 Å². The standard InChI is InChI=1S/C19H24N6O2S/c1-28(26,27)12-11-24-9-7-16(8-10-24)22-18-13-17(15-5-3-2-4-6-15)23-19-20-14-21-25(18)19/h2-6,13-14,16,22H,7-12H2,1H3. The predicted octanol–water partition coefficient (Wildman–Crippen LogP) is 1.71. The molecule has 1 saturated heterocycles. The van der Waals surface area contributed by atoms with Gasteiger partial charge in [-0.15, -0.1) is 0 Å². The van der Waals surface area contributed by atoms with Gasteiger partial charge in [0.25, 0.3) is 5.78 Å². The number of rotatable bonds is 6. The zero-order valence-electron chi connectivity index (χ0n) is 15.8. The molecule has 0 spiro atoms. The van der Waals surface area contributed by atoms with Crippen LogP contribution in [0.5, 0.6) is 0 Å². The summed E-state index contributed by atoms with van der Waals surface area (Å²) in [5.74, 6) is 1.65. The second-order valence-corrected chi connectivity index (χ2v) is 9.51. The minimum atomic E-state index is -2.92. The van der Waals surface area contributed by atoms with Crippen molar-refractivity contribution in [2.75, 3.05) is 37.0 Å². The fourth-order valence-electron chi connectivity index (χ4n) is 3.48. The number of aromatic nitrogens is 4. The Morgan fingerprint density at radius 2 is 1.93 bits per heavy atom. The van der Waals surface area contributed by atoms with Crippen molar-refractivity contribution in [3.8, 4) is 11.3 Å². The van der Waals surface area contributed by atoms with Gasteiger partial charge >= 0.3 is 0 Å². The first-order valence-electron chi connectivity index (χ1n) is 9.41. The molecule has 2 aromatic heterocycles. The van der Waals surface area contributed by atoms with Gasteiger partial charge in [0, 0.05) is 43.6 Å². The van der Waals surface area contributed by atoms with Crippen molar-refractivity contribution in [2.45, 2.75) is 18.9 Å². The van der Waals surface area contributed by atoms with Gasteiger partial charge < -0.3 is 10.2 Å². The molecule has 1 fully saturated rings. The fourth-order valence-corrected chi connectivity index (χ4v) is 4.07. The van der Waals surface area contributed by atoms with E-state index in [2.05, 4.69) is 25.3 Å². The van der Waals surface area contributed by atoms with Gasteiger partial charge in [0.15, 0.2) is 0 Å². The van der Waals surface area contributed by atoms with Crippen molar-refractivity contribution in [2.24, 2.45) is 0 Å². The van der Waals surface area contributed by atoms with Crippen molar-refractivity contribution >= 4 is 21.4 Å². The van der Waals surface area contributed by atoms with Crippen LogP contribution in [-0.2, 0) is 9.84 Å². The van der Waals surface area contributed by atoms with Crippen LogP contribution in [0.4, 0.5) is 5.82 Å². The number of fused-ring (bicyclic) bond motifs is 1. The highest BCUT2D eigenvalue weighted by molar-refractivity contribution is 7.90. The van der Waals surface area contributed by atoms with Crippen molar-refractivity contribution in [1.29, 1.82) is 0 Å². The van der Waals surface area contributed by atoms with Gasteiger partial charge in [-0.3, -0.25) is 0 Å². The van der Waals surface area contributed by atoms with Gasteiger partial charge in [-0.1, -0.05) is 30.3 Å². The fraction of sp³-hybridized carbons (Fsp3) is 0.421. The summed E-state index contributed by atoms with van der Waals surface area (Å²) in [5, 5.41) is 7.88. The Balaban J connectivity index is 1.47. The molecule has 1 aromatic carbocycles. The third kappa shape index (κ3) is 4.48. The number of sulfone groups is 1. The highest BCUT2D eigenvalue weighted by Crippen LogP contribution is 2.23. The molecule has 8 nitrogen and oxygen atoms in total. The largest absolute Gasteiger partial charge is 0.367 e. The van der Waals surface area contributed by atoms with E-state index >= 15 is 0 Å². The number of anilines is 1. The van der Waals surface area contributed by atoms with Crippen LogP contribution in [0.15, 0.2) is 42.7 Å². The average molecular weight is 401 g/mol. The summed E-state index contributed by atoms with van der Waals surface area (Å²) < 4.78 is 24.5. The van der Waals surface area contributed by atoms with Crippen molar-refractivity contribution in [1.82, 2.24) is 24.5 Å². The first kappa shape index (κ1) is 18.8. The molecule has 148 valence electrons. The molecule has 3 aromatic rings. The molecule has 3 heterocycles. The van der Waals surface area contributed by atoms with E-state index in [1.165, 1.54) is 12.6 Å². The molecule has 0 bridgehead atoms. The lowest BCUT2D eigenvalue weighted by Crippen LogP contribution is -2.41. The summed E-state index contributed by atoms with van der Waals surface area (Å²) in [6, 6.07) is 12.3. The maximum atomic E-state index is 11.4. The summed E-state index contributed by atoms with van der Waals surface area (Å²) in [6.45, 7) is 2.36. The zero-order valence-corrected chi connectivity index (χ0v) is 16.6. The minimum Gasteiger partial charge on any atom is -0.367 e. The number of nitrogens with one attached hydrogen (secondary N) is 1. The van der Waals surface area contributed by atoms with Gasteiger partial charge in [-0.2, -0.15) is 14.6 Å². The SMILES string of the molecule is CS(=O)(=O)CCN1CCC(Nc2cc(-c3ccccc3)nc3ncnn23)CC1. The number of hydrogen-bond acceptors (Lipinski definition) is 7. The number of benzene rings is 1. The number of hydrogen-bond donors (Lipinski definition) is 1. The highest BCUT2D eigenvalue weighted by Gasteiger charge is 2.21. The Labute approximate surface area is 164 Å². The van der Waals surface area contributed by atoms with Gasteiger partial charge in [0.1, 0.15) is 22.0 Å². The third-order valence-electron chi connectivity index (χ3n) is 5.04. The summed E-state index contributed by atoms with van der Waals surface area (Å²) in [7, 11) is -2.92. The normalized spacial score (nSPS) is 16.5. The Bertz CT molecular complexity index is 1040. The molecule has 9 heteroatoms. The quantitative estimate of drug-likeness (QED) is 0.673. The van der Waals surface area contributed by atoms with E-state index in [1.54, 1.807) is 4.52 Å². The average Bonchev–Trinajstić information content (AvgIpc) is 3.16. The molecule has 0 radical (unpaired) electrons. The Morgan fingerprint density at radius 3 is 2.64 bits per heavy atom. The van der Waals surface area contributed by atoms with E-state index in [0.29, 0.717) is 18.4 Å². The van der Waals surface area contributed by atoms with Crippen LogP contribution in [0.1, 0.15) is 12.8 Å². The highest BCUT2D eigenvalue weighted by atomic mass is 32.2. The zero-order chi connectivity index (χ0) is 19.6. The summed E-state index contributed by atoms with van der Waals surface area (Å²) in [4.78, 5) is 11.1. The topological polar surface area (TPSA) is 92.5 Å². The third-order valence-corrected chi connectivity index (χ3v) is 5.96. The monoisotopic (exact) mass is 400 g/mol. The van der Waals surface area contributed by atoms with E-state index in [9.17, 15) is 8.42 Å².